The van der Waals surface area contributed by atoms with Crippen LogP contribution in [-0.2, 0) is 13.0 Å². The predicted octanol–water partition coefficient (Wildman–Crippen LogP) is 4.92. The van der Waals surface area contributed by atoms with Gasteiger partial charge in [-0.1, -0.05) is 11.6 Å². The number of hydrogen-bond donors (Lipinski definition) is 2. The number of benzene rings is 1. The second kappa shape index (κ2) is 8.22. The number of aromatic carboxylic acids is 1. The van der Waals surface area contributed by atoms with E-state index in [4.69, 9.17) is 11.6 Å². The first-order chi connectivity index (χ1) is 14.3. The minimum absolute atomic E-state index is 0.0508. The zero-order valence-corrected chi connectivity index (χ0v) is 18.3. The number of aryl methyl sites for hydroxylation is 1. The molecule has 0 fully saturated rings. The summed E-state index contributed by atoms with van der Waals surface area (Å²) < 4.78 is 0. The van der Waals surface area contributed by atoms with Gasteiger partial charge in [0, 0.05) is 22.0 Å². The summed E-state index contributed by atoms with van der Waals surface area (Å²) in [7, 11) is 0. The van der Waals surface area contributed by atoms with Crippen molar-refractivity contribution >= 4 is 57.1 Å². The molecule has 30 heavy (non-hydrogen) atoms. The standard InChI is InChI=1S/C21H17ClN2O4S2/c1-11-7-9-29-17(11)20(26)24-8-6-14-15(10-24)30-19(16(14)21(27)28)23-18(25)12-2-4-13(22)5-3-12/h2-5,7,9H,6,8,10H2,1H3,(H,23,25)(H,27,28). The zero-order valence-electron chi connectivity index (χ0n) is 15.9. The highest BCUT2D eigenvalue weighted by atomic mass is 35.5. The number of rotatable bonds is 4. The topological polar surface area (TPSA) is 86.7 Å². The molecule has 0 atom stereocenters. The fourth-order valence-electron chi connectivity index (χ4n) is 3.40. The fourth-order valence-corrected chi connectivity index (χ4v) is 5.67. The van der Waals surface area contributed by atoms with E-state index in [1.807, 2.05) is 18.4 Å². The molecule has 0 spiro atoms. The van der Waals surface area contributed by atoms with E-state index in [0.29, 0.717) is 40.5 Å². The first kappa shape index (κ1) is 20.6. The van der Waals surface area contributed by atoms with E-state index in [1.54, 1.807) is 29.2 Å². The Bertz CT molecular complexity index is 1150. The second-order valence-electron chi connectivity index (χ2n) is 6.88. The third kappa shape index (κ3) is 3.86. The predicted molar refractivity (Wildman–Crippen MR) is 118 cm³/mol. The zero-order chi connectivity index (χ0) is 21.4. The molecule has 1 aliphatic heterocycles. The van der Waals surface area contributed by atoms with Gasteiger partial charge in [-0.25, -0.2) is 4.79 Å². The first-order valence-electron chi connectivity index (χ1n) is 9.13. The van der Waals surface area contributed by atoms with Gasteiger partial charge in [-0.2, -0.15) is 0 Å². The molecule has 2 aromatic heterocycles. The van der Waals surface area contributed by atoms with Gasteiger partial charge in [-0.05, 0) is 60.2 Å². The Kier molecular flexibility index (Phi) is 5.64. The summed E-state index contributed by atoms with van der Waals surface area (Å²) in [5.74, 6) is -1.55. The molecule has 154 valence electrons. The van der Waals surface area contributed by atoms with Crippen LogP contribution >= 0.6 is 34.3 Å². The highest BCUT2D eigenvalue weighted by Gasteiger charge is 2.31. The van der Waals surface area contributed by atoms with Crippen LogP contribution in [0.15, 0.2) is 35.7 Å². The number of nitrogens with zero attached hydrogens (tertiary/aromatic N) is 1. The number of carboxylic acid groups (broad SMARTS) is 1. The Labute approximate surface area is 185 Å². The second-order valence-corrected chi connectivity index (χ2v) is 9.34. The van der Waals surface area contributed by atoms with Crippen LogP contribution < -0.4 is 5.32 Å². The molecule has 0 saturated heterocycles. The molecule has 0 bridgehead atoms. The lowest BCUT2D eigenvalue weighted by atomic mass is 10.0. The monoisotopic (exact) mass is 460 g/mol. The Balaban J connectivity index is 1.60. The average molecular weight is 461 g/mol. The molecule has 6 nitrogen and oxygen atoms in total. The summed E-state index contributed by atoms with van der Waals surface area (Å²) >= 11 is 8.47. The number of fused-ring (bicyclic) bond motifs is 1. The number of amides is 2. The maximum Gasteiger partial charge on any atom is 0.339 e. The Morgan fingerprint density at radius 3 is 2.53 bits per heavy atom. The van der Waals surface area contributed by atoms with E-state index in [-0.39, 0.29) is 16.5 Å². The maximum absolute atomic E-state index is 12.9. The molecule has 0 saturated carbocycles. The number of anilines is 1. The number of carbonyl (C=O) groups is 3. The first-order valence-corrected chi connectivity index (χ1v) is 11.2. The van der Waals surface area contributed by atoms with E-state index < -0.39 is 11.9 Å². The van der Waals surface area contributed by atoms with E-state index in [9.17, 15) is 19.5 Å². The van der Waals surface area contributed by atoms with Crippen molar-refractivity contribution in [1.82, 2.24) is 4.90 Å². The van der Waals surface area contributed by atoms with Crippen molar-refractivity contribution in [2.75, 3.05) is 11.9 Å². The fraction of sp³-hybridized carbons (Fsp3) is 0.190. The van der Waals surface area contributed by atoms with Gasteiger partial charge < -0.3 is 15.3 Å². The molecule has 9 heteroatoms. The molecule has 1 aromatic carbocycles. The van der Waals surface area contributed by atoms with Crippen LogP contribution in [0, 0.1) is 6.92 Å². The van der Waals surface area contributed by atoms with Crippen molar-refractivity contribution in [1.29, 1.82) is 0 Å². The van der Waals surface area contributed by atoms with Crippen LogP contribution in [0.1, 0.15) is 46.4 Å². The van der Waals surface area contributed by atoms with Crippen molar-refractivity contribution < 1.29 is 19.5 Å². The molecule has 2 N–H and O–H groups in total. The molecule has 0 radical (unpaired) electrons. The average Bonchev–Trinajstić information content (AvgIpc) is 3.30. The lowest BCUT2D eigenvalue weighted by Gasteiger charge is -2.27. The number of nitrogens with one attached hydrogen (secondary N) is 1. The third-order valence-corrected chi connectivity index (χ3v) is 7.34. The minimum atomic E-state index is -1.09. The Morgan fingerprint density at radius 1 is 1.17 bits per heavy atom. The van der Waals surface area contributed by atoms with Crippen LogP contribution in [0.25, 0.3) is 0 Å². The van der Waals surface area contributed by atoms with Crippen LogP contribution in [0.5, 0.6) is 0 Å². The largest absolute Gasteiger partial charge is 0.478 e. The summed E-state index contributed by atoms with van der Waals surface area (Å²) in [4.78, 5) is 40.6. The summed E-state index contributed by atoms with van der Waals surface area (Å²) in [5.41, 5.74) is 2.11. The highest BCUT2D eigenvalue weighted by molar-refractivity contribution is 7.17. The van der Waals surface area contributed by atoms with Gasteiger partial charge in [0.05, 0.1) is 17.0 Å². The molecular formula is C21H17ClN2O4S2. The Hall–Kier alpha value is -2.68. The lowest BCUT2D eigenvalue weighted by Crippen LogP contribution is -2.35. The van der Waals surface area contributed by atoms with Crippen molar-refractivity contribution in [3.8, 4) is 0 Å². The molecular weight excluding hydrogens is 444 g/mol. The summed E-state index contributed by atoms with van der Waals surface area (Å²) in [6, 6.07) is 8.27. The molecule has 0 aliphatic carbocycles. The van der Waals surface area contributed by atoms with Gasteiger partial charge in [0.1, 0.15) is 5.00 Å². The third-order valence-electron chi connectivity index (χ3n) is 4.95. The van der Waals surface area contributed by atoms with Crippen molar-refractivity contribution in [3.05, 3.63) is 72.7 Å². The number of thiophene rings is 2. The van der Waals surface area contributed by atoms with Crippen LogP contribution in [-0.4, -0.2) is 34.3 Å². The number of carbonyl (C=O) groups excluding carboxylic acids is 2. The van der Waals surface area contributed by atoms with Gasteiger partial charge in [0.2, 0.25) is 0 Å². The van der Waals surface area contributed by atoms with Crippen molar-refractivity contribution in [2.24, 2.45) is 0 Å². The van der Waals surface area contributed by atoms with Gasteiger partial charge in [0.25, 0.3) is 11.8 Å². The maximum atomic E-state index is 12.9. The van der Waals surface area contributed by atoms with E-state index in [2.05, 4.69) is 5.32 Å². The molecule has 2 amide bonds. The van der Waals surface area contributed by atoms with E-state index in [0.717, 1.165) is 10.4 Å². The van der Waals surface area contributed by atoms with Gasteiger partial charge in [-0.15, -0.1) is 22.7 Å². The smallest absolute Gasteiger partial charge is 0.339 e. The summed E-state index contributed by atoms with van der Waals surface area (Å²) in [6.07, 6.45) is 0.431. The molecule has 4 rings (SSSR count). The Morgan fingerprint density at radius 2 is 1.90 bits per heavy atom. The van der Waals surface area contributed by atoms with Crippen LogP contribution in [0.4, 0.5) is 5.00 Å². The normalized spacial score (nSPS) is 13.1. The van der Waals surface area contributed by atoms with Gasteiger partial charge in [0.15, 0.2) is 0 Å². The SMILES string of the molecule is Cc1ccsc1C(=O)N1CCc2c(sc(NC(=O)c3ccc(Cl)cc3)c2C(=O)O)C1. The van der Waals surface area contributed by atoms with Crippen LogP contribution in [0.3, 0.4) is 0 Å². The van der Waals surface area contributed by atoms with Gasteiger partial charge in [-0.3, -0.25) is 9.59 Å². The minimum Gasteiger partial charge on any atom is -0.478 e. The number of carboxylic acids is 1. The number of hydrogen-bond acceptors (Lipinski definition) is 5. The van der Waals surface area contributed by atoms with Crippen molar-refractivity contribution in [3.63, 3.8) is 0 Å². The quantitative estimate of drug-likeness (QED) is 0.578. The van der Waals surface area contributed by atoms with Crippen LogP contribution in [0.2, 0.25) is 5.02 Å². The number of halogens is 1. The molecule has 3 heterocycles. The van der Waals surface area contributed by atoms with E-state index in [1.165, 1.54) is 22.7 Å². The molecule has 1 aliphatic rings. The summed E-state index contributed by atoms with van der Waals surface area (Å²) in [6.45, 7) is 2.66. The summed E-state index contributed by atoms with van der Waals surface area (Å²) in [5, 5.41) is 15.2. The molecule has 3 aromatic rings. The molecule has 0 unspecified atom stereocenters. The van der Waals surface area contributed by atoms with Gasteiger partial charge >= 0.3 is 5.97 Å². The van der Waals surface area contributed by atoms with Crippen molar-refractivity contribution in [2.45, 2.75) is 19.9 Å². The lowest BCUT2D eigenvalue weighted by molar-refractivity contribution is 0.0696. The highest BCUT2D eigenvalue weighted by Crippen LogP contribution is 2.38. The van der Waals surface area contributed by atoms with E-state index >= 15 is 0 Å².